The van der Waals surface area contributed by atoms with Gasteiger partial charge in [0.2, 0.25) is 0 Å². The molecule has 0 aliphatic heterocycles. The SMILES string of the molecule is Cc1cc(N(CCCl)CCCl)ccc1C(C)(CN)CC(=O)O. The van der Waals surface area contributed by atoms with Gasteiger partial charge in [0.1, 0.15) is 0 Å². The number of carbonyl (C=O) groups is 1. The van der Waals surface area contributed by atoms with Crippen LogP contribution in [0.15, 0.2) is 18.2 Å². The molecule has 1 rings (SSSR count). The van der Waals surface area contributed by atoms with Crippen LogP contribution in [0.3, 0.4) is 0 Å². The Kier molecular flexibility index (Phi) is 7.46. The number of aliphatic carboxylic acids is 1. The van der Waals surface area contributed by atoms with Crippen LogP contribution in [0.4, 0.5) is 5.69 Å². The number of nitrogens with zero attached hydrogens (tertiary/aromatic N) is 1. The Morgan fingerprint density at radius 2 is 1.91 bits per heavy atom. The highest BCUT2D eigenvalue weighted by molar-refractivity contribution is 6.18. The van der Waals surface area contributed by atoms with Crippen LogP contribution in [0.2, 0.25) is 0 Å². The molecule has 0 saturated heterocycles. The molecule has 0 bridgehead atoms. The second kappa shape index (κ2) is 8.61. The van der Waals surface area contributed by atoms with Crippen molar-refractivity contribution < 1.29 is 9.90 Å². The minimum atomic E-state index is -0.845. The third kappa shape index (κ3) is 4.77. The van der Waals surface area contributed by atoms with Gasteiger partial charge in [0.15, 0.2) is 0 Å². The first-order valence-electron chi connectivity index (χ1n) is 7.28. The van der Waals surface area contributed by atoms with Crippen LogP contribution in [-0.4, -0.2) is 42.5 Å². The number of halogens is 2. The molecular weight excluding hydrogens is 323 g/mol. The van der Waals surface area contributed by atoms with Crippen molar-refractivity contribution in [1.29, 1.82) is 0 Å². The van der Waals surface area contributed by atoms with Gasteiger partial charge in [-0.2, -0.15) is 0 Å². The van der Waals surface area contributed by atoms with E-state index in [0.717, 1.165) is 29.9 Å². The topological polar surface area (TPSA) is 66.6 Å². The van der Waals surface area contributed by atoms with E-state index in [-0.39, 0.29) is 13.0 Å². The number of nitrogens with two attached hydrogens (primary N) is 1. The van der Waals surface area contributed by atoms with Gasteiger partial charge in [-0.1, -0.05) is 13.0 Å². The predicted molar refractivity (Wildman–Crippen MR) is 93.5 cm³/mol. The minimum absolute atomic E-state index is 0.0107. The summed E-state index contributed by atoms with van der Waals surface area (Å²) in [6.45, 7) is 5.59. The molecule has 0 aromatic heterocycles. The van der Waals surface area contributed by atoms with E-state index in [9.17, 15) is 4.79 Å². The highest BCUT2D eigenvalue weighted by Gasteiger charge is 2.29. The van der Waals surface area contributed by atoms with Crippen LogP contribution in [0.5, 0.6) is 0 Å². The first-order valence-corrected chi connectivity index (χ1v) is 8.34. The summed E-state index contributed by atoms with van der Waals surface area (Å²) in [7, 11) is 0. The van der Waals surface area contributed by atoms with Crippen molar-refractivity contribution in [3.8, 4) is 0 Å². The zero-order valence-corrected chi connectivity index (χ0v) is 14.6. The third-order valence-electron chi connectivity index (χ3n) is 3.93. The molecule has 0 aliphatic rings. The molecule has 124 valence electrons. The molecular formula is C16H24Cl2N2O2. The molecule has 1 unspecified atom stereocenters. The van der Waals surface area contributed by atoms with E-state index in [2.05, 4.69) is 4.90 Å². The summed E-state index contributed by atoms with van der Waals surface area (Å²) in [5, 5.41) is 9.12. The lowest BCUT2D eigenvalue weighted by Gasteiger charge is -2.30. The van der Waals surface area contributed by atoms with Gasteiger partial charge in [-0.05, 0) is 30.2 Å². The summed E-state index contributed by atoms with van der Waals surface area (Å²) in [6.07, 6.45) is 0.0107. The van der Waals surface area contributed by atoms with Gasteiger partial charge in [0.25, 0.3) is 0 Å². The summed E-state index contributed by atoms with van der Waals surface area (Å²) in [5.74, 6) is 0.205. The summed E-state index contributed by atoms with van der Waals surface area (Å²) < 4.78 is 0. The third-order valence-corrected chi connectivity index (χ3v) is 4.26. The molecule has 0 aliphatic carbocycles. The smallest absolute Gasteiger partial charge is 0.304 e. The van der Waals surface area contributed by atoms with Crippen LogP contribution in [0, 0.1) is 6.92 Å². The van der Waals surface area contributed by atoms with Crippen molar-refractivity contribution in [2.45, 2.75) is 25.7 Å². The van der Waals surface area contributed by atoms with Gasteiger partial charge >= 0.3 is 5.97 Å². The molecule has 0 saturated carbocycles. The number of carboxylic acid groups (broad SMARTS) is 1. The monoisotopic (exact) mass is 346 g/mol. The standard InChI is InChI=1S/C16H24Cl2N2O2/c1-12-9-13(20(7-5-17)8-6-18)3-4-14(12)16(2,11-19)10-15(21)22/h3-4,9H,5-8,10-11,19H2,1-2H3,(H,21,22). The zero-order chi connectivity index (χ0) is 16.8. The number of alkyl halides is 2. The highest BCUT2D eigenvalue weighted by atomic mass is 35.5. The number of anilines is 1. The Morgan fingerprint density at radius 3 is 2.32 bits per heavy atom. The Balaban J connectivity index is 3.13. The zero-order valence-electron chi connectivity index (χ0n) is 13.1. The van der Waals surface area contributed by atoms with Crippen molar-refractivity contribution in [2.24, 2.45) is 5.73 Å². The van der Waals surface area contributed by atoms with E-state index < -0.39 is 11.4 Å². The molecule has 4 nitrogen and oxygen atoms in total. The molecule has 3 N–H and O–H groups in total. The second-order valence-corrected chi connectivity index (χ2v) is 6.46. The van der Waals surface area contributed by atoms with Crippen LogP contribution >= 0.6 is 23.2 Å². The molecule has 1 atom stereocenters. The molecule has 0 fully saturated rings. The highest BCUT2D eigenvalue weighted by Crippen LogP contribution is 2.31. The first kappa shape index (κ1) is 19.1. The fourth-order valence-electron chi connectivity index (χ4n) is 2.71. The van der Waals surface area contributed by atoms with E-state index in [0.29, 0.717) is 11.8 Å². The molecule has 0 spiro atoms. The van der Waals surface area contributed by atoms with E-state index in [1.165, 1.54) is 0 Å². The van der Waals surface area contributed by atoms with Gasteiger partial charge in [-0.25, -0.2) is 0 Å². The van der Waals surface area contributed by atoms with E-state index >= 15 is 0 Å². The lowest BCUT2D eigenvalue weighted by atomic mass is 9.77. The minimum Gasteiger partial charge on any atom is -0.481 e. The number of hydrogen-bond acceptors (Lipinski definition) is 3. The Bertz CT molecular complexity index is 505. The molecule has 1 aromatic rings. The van der Waals surface area contributed by atoms with Crippen molar-refractivity contribution >= 4 is 34.9 Å². The van der Waals surface area contributed by atoms with Crippen molar-refractivity contribution in [3.05, 3.63) is 29.3 Å². The molecule has 0 heterocycles. The first-order chi connectivity index (χ1) is 10.4. The quantitative estimate of drug-likeness (QED) is 0.674. The molecule has 22 heavy (non-hydrogen) atoms. The lowest BCUT2D eigenvalue weighted by Crippen LogP contribution is -2.35. The largest absolute Gasteiger partial charge is 0.481 e. The van der Waals surface area contributed by atoms with Crippen LogP contribution in [-0.2, 0) is 10.2 Å². The van der Waals surface area contributed by atoms with Gasteiger partial charge < -0.3 is 15.7 Å². The summed E-state index contributed by atoms with van der Waals surface area (Å²) in [6, 6.07) is 6.00. The van der Waals surface area contributed by atoms with E-state index in [1.54, 1.807) is 0 Å². The molecule has 0 amide bonds. The van der Waals surface area contributed by atoms with Gasteiger partial charge in [0, 0.05) is 42.5 Å². The predicted octanol–water partition coefficient (Wildman–Crippen LogP) is 2.97. The Hall–Kier alpha value is -0.970. The fraction of sp³-hybridized carbons (Fsp3) is 0.562. The fourth-order valence-corrected chi connectivity index (χ4v) is 3.11. The Morgan fingerprint density at radius 1 is 1.32 bits per heavy atom. The summed E-state index contributed by atoms with van der Waals surface area (Å²) in [4.78, 5) is 13.2. The van der Waals surface area contributed by atoms with Crippen molar-refractivity contribution in [2.75, 3.05) is 36.3 Å². The number of aryl methyl sites for hydroxylation is 1. The summed E-state index contributed by atoms with van der Waals surface area (Å²) in [5.41, 5.74) is 8.31. The second-order valence-electron chi connectivity index (χ2n) is 5.70. The van der Waals surface area contributed by atoms with Crippen molar-refractivity contribution in [3.63, 3.8) is 0 Å². The maximum atomic E-state index is 11.1. The van der Waals surface area contributed by atoms with Crippen LogP contribution in [0.25, 0.3) is 0 Å². The average Bonchev–Trinajstić information content (AvgIpc) is 2.46. The normalized spacial score (nSPS) is 13.7. The van der Waals surface area contributed by atoms with Gasteiger partial charge in [0.05, 0.1) is 6.42 Å². The van der Waals surface area contributed by atoms with Gasteiger partial charge in [-0.15, -0.1) is 23.2 Å². The lowest BCUT2D eigenvalue weighted by molar-refractivity contribution is -0.138. The maximum Gasteiger partial charge on any atom is 0.304 e. The van der Waals surface area contributed by atoms with E-state index in [1.807, 2.05) is 32.0 Å². The molecule has 6 heteroatoms. The summed E-state index contributed by atoms with van der Waals surface area (Å²) >= 11 is 11.7. The molecule has 1 aromatic carbocycles. The van der Waals surface area contributed by atoms with Crippen LogP contribution in [0.1, 0.15) is 24.5 Å². The number of benzene rings is 1. The average molecular weight is 347 g/mol. The number of rotatable bonds is 9. The number of hydrogen-bond donors (Lipinski definition) is 2. The maximum absolute atomic E-state index is 11.1. The van der Waals surface area contributed by atoms with E-state index in [4.69, 9.17) is 34.0 Å². The Labute approximate surface area is 142 Å². The van der Waals surface area contributed by atoms with Crippen molar-refractivity contribution in [1.82, 2.24) is 0 Å². The number of carboxylic acids is 1. The van der Waals surface area contributed by atoms with Crippen LogP contribution < -0.4 is 10.6 Å². The molecule has 0 radical (unpaired) electrons. The van der Waals surface area contributed by atoms with Gasteiger partial charge in [-0.3, -0.25) is 4.79 Å².